The third-order valence-corrected chi connectivity index (χ3v) is 5.10. The van der Waals surface area contributed by atoms with Crippen LogP contribution >= 0.6 is 0 Å². The number of halogens is 3. The molecule has 148 valence electrons. The standard InChI is InChI=1S/C27H19F3/c1-18-2-4-19(5-3-18)6-7-20-8-10-21(11-9-20)12-13-22-14-15-24-23(16-22)17-25(28)27(30)26(24)29/h2-5,8-11,14-17H,6-7H2,1H3. The van der Waals surface area contributed by atoms with Crippen LogP contribution in [0, 0.1) is 36.2 Å². The monoisotopic (exact) mass is 400 g/mol. The molecule has 0 heterocycles. The molecule has 0 unspecified atom stereocenters. The number of hydrogen-bond donors (Lipinski definition) is 0. The first-order chi connectivity index (χ1) is 14.5. The second-order valence-electron chi connectivity index (χ2n) is 7.35. The lowest BCUT2D eigenvalue weighted by molar-refractivity contribution is 0.453. The normalized spacial score (nSPS) is 10.7. The number of rotatable bonds is 3. The topological polar surface area (TPSA) is 0 Å². The molecule has 0 fully saturated rings. The van der Waals surface area contributed by atoms with Crippen LogP contribution in [0.4, 0.5) is 13.2 Å². The van der Waals surface area contributed by atoms with Crippen LogP contribution in [0.15, 0.2) is 72.8 Å². The minimum Gasteiger partial charge on any atom is -0.204 e. The summed E-state index contributed by atoms with van der Waals surface area (Å²) in [6.45, 7) is 2.08. The maximum absolute atomic E-state index is 13.8. The second-order valence-corrected chi connectivity index (χ2v) is 7.35. The van der Waals surface area contributed by atoms with E-state index >= 15 is 0 Å². The minimum absolute atomic E-state index is 0.0392. The Labute approximate surface area is 174 Å². The molecule has 0 aliphatic carbocycles. The Morgan fingerprint density at radius 2 is 1.20 bits per heavy atom. The van der Waals surface area contributed by atoms with Gasteiger partial charge in [0.2, 0.25) is 0 Å². The Hall–Kier alpha value is -3.51. The second kappa shape index (κ2) is 8.47. The summed E-state index contributed by atoms with van der Waals surface area (Å²) < 4.78 is 40.6. The summed E-state index contributed by atoms with van der Waals surface area (Å²) in [4.78, 5) is 0. The van der Waals surface area contributed by atoms with Crippen molar-refractivity contribution < 1.29 is 13.2 Å². The zero-order chi connectivity index (χ0) is 21.1. The Bertz CT molecular complexity index is 1260. The lowest BCUT2D eigenvalue weighted by atomic mass is 10.0. The quantitative estimate of drug-likeness (QED) is 0.264. The Morgan fingerprint density at radius 1 is 0.633 bits per heavy atom. The molecular formula is C27H19F3. The van der Waals surface area contributed by atoms with Crippen molar-refractivity contribution >= 4 is 10.8 Å². The van der Waals surface area contributed by atoms with Gasteiger partial charge in [0, 0.05) is 16.5 Å². The summed E-state index contributed by atoms with van der Waals surface area (Å²) >= 11 is 0. The highest BCUT2D eigenvalue weighted by molar-refractivity contribution is 5.84. The molecule has 3 heteroatoms. The van der Waals surface area contributed by atoms with E-state index in [4.69, 9.17) is 0 Å². The minimum atomic E-state index is -1.45. The highest BCUT2D eigenvalue weighted by Gasteiger charge is 2.13. The van der Waals surface area contributed by atoms with Gasteiger partial charge in [-0.25, -0.2) is 13.2 Å². The maximum Gasteiger partial charge on any atom is 0.195 e. The molecule has 0 saturated carbocycles. The molecule has 0 aliphatic rings. The van der Waals surface area contributed by atoms with Gasteiger partial charge in [-0.2, -0.15) is 0 Å². The van der Waals surface area contributed by atoms with Gasteiger partial charge in [-0.05, 0) is 66.6 Å². The molecule has 0 N–H and O–H groups in total. The van der Waals surface area contributed by atoms with E-state index < -0.39 is 17.5 Å². The van der Waals surface area contributed by atoms with Crippen molar-refractivity contribution in [3.05, 3.63) is 118 Å². The fourth-order valence-electron chi connectivity index (χ4n) is 3.33. The van der Waals surface area contributed by atoms with E-state index in [1.165, 1.54) is 22.8 Å². The lowest BCUT2D eigenvalue weighted by Gasteiger charge is -2.03. The molecule has 4 rings (SSSR count). The largest absolute Gasteiger partial charge is 0.204 e. The van der Waals surface area contributed by atoms with Crippen molar-refractivity contribution in [3.63, 3.8) is 0 Å². The average molecular weight is 400 g/mol. The van der Waals surface area contributed by atoms with Crippen LogP contribution in [-0.2, 0) is 12.8 Å². The number of benzene rings is 4. The molecular weight excluding hydrogens is 381 g/mol. The molecule has 4 aromatic rings. The Balaban J connectivity index is 1.47. The molecule has 0 bridgehead atoms. The van der Waals surface area contributed by atoms with Crippen molar-refractivity contribution in [3.8, 4) is 11.8 Å². The number of aryl methyl sites for hydroxylation is 3. The maximum atomic E-state index is 13.8. The van der Waals surface area contributed by atoms with E-state index in [2.05, 4.69) is 55.2 Å². The Kier molecular flexibility index (Phi) is 5.59. The fraction of sp³-hybridized carbons (Fsp3) is 0.111. The van der Waals surface area contributed by atoms with Crippen LogP contribution in [0.2, 0.25) is 0 Å². The third-order valence-electron chi connectivity index (χ3n) is 5.10. The lowest BCUT2D eigenvalue weighted by Crippen LogP contribution is -1.92. The number of hydrogen-bond acceptors (Lipinski definition) is 0. The first-order valence-corrected chi connectivity index (χ1v) is 9.73. The molecule has 0 aromatic heterocycles. The predicted octanol–water partition coefficient (Wildman–Crippen LogP) is 6.75. The summed E-state index contributed by atoms with van der Waals surface area (Å²) in [5, 5.41) is 0.321. The third kappa shape index (κ3) is 4.39. The summed E-state index contributed by atoms with van der Waals surface area (Å²) in [6.07, 6.45) is 1.94. The summed E-state index contributed by atoms with van der Waals surface area (Å²) in [5.41, 5.74) is 5.27. The van der Waals surface area contributed by atoms with Crippen molar-refractivity contribution in [1.82, 2.24) is 0 Å². The molecule has 30 heavy (non-hydrogen) atoms. The van der Waals surface area contributed by atoms with Gasteiger partial charge in [0.1, 0.15) is 0 Å². The SMILES string of the molecule is Cc1ccc(CCc2ccc(C#Cc3ccc4c(F)c(F)c(F)cc4c3)cc2)cc1. The summed E-state index contributed by atoms with van der Waals surface area (Å²) in [5.74, 6) is 2.23. The fourth-order valence-corrected chi connectivity index (χ4v) is 3.33. The van der Waals surface area contributed by atoms with Gasteiger partial charge in [-0.15, -0.1) is 0 Å². The smallest absolute Gasteiger partial charge is 0.195 e. The van der Waals surface area contributed by atoms with Crippen molar-refractivity contribution in [2.75, 3.05) is 0 Å². The highest BCUT2D eigenvalue weighted by atomic mass is 19.2. The molecule has 0 nitrogen and oxygen atoms in total. The van der Waals surface area contributed by atoms with Crippen LogP contribution in [-0.4, -0.2) is 0 Å². The van der Waals surface area contributed by atoms with Gasteiger partial charge >= 0.3 is 0 Å². The molecule has 0 saturated heterocycles. The van der Waals surface area contributed by atoms with E-state index in [1.807, 2.05) is 12.1 Å². The first kappa shape index (κ1) is 19.8. The van der Waals surface area contributed by atoms with E-state index in [0.717, 1.165) is 24.5 Å². The van der Waals surface area contributed by atoms with Gasteiger partial charge in [0.05, 0.1) is 0 Å². The van der Waals surface area contributed by atoms with Crippen molar-refractivity contribution in [2.24, 2.45) is 0 Å². The Morgan fingerprint density at radius 3 is 1.87 bits per heavy atom. The molecule has 4 aromatic carbocycles. The molecule has 0 aliphatic heterocycles. The van der Waals surface area contributed by atoms with Gasteiger partial charge in [-0.3, -0.25) is 0 Å². The van der Waals surface area contributed by atoms with Crippen LogP contribution in [0.5, 0.6) is 0 Å². The van der Waals surface area contributed by atoms with Crippen molar-refractivity contribution in [1.29, 1.82) is 0 Å². The first-order valence-electron chi connectivity index (χ1n) is 9.73. The number of fused-ring (bicyclic) bond motifs is 1. The molecule has 0 spiro atoms. The average Bonchev–Trinajstić information content (AvgIpc) is 2.76. The van der Waals surface area contributed by atoms with Crippen LogP contribution in [0.1, 0.15) is 27.8 Å². The van der Waals surface area contributed by atoms with Gasteiger partial charge in [0.15, 0.2) is 17.5 Å². The van der Waals surface area contributed by atoms with E-state index in [9.17, 15) is 13.2 Å². The molecule has 0 atom stereocenters. The van der Waals surface area contributed by atoms with E-state index in [-0.39, 0.29) is 10.8 Å². The van der Waals surface area contributed by atoms with Crippen molar-refractivity contribution in [2.45, 2.75) is 19.8 Å². The summed E-state index contributed by atoms with van der Waals surface area (Å²) in [7, 11) is 0. The zero-order valence-corrected chi connectivity index (χ0v) is 16.5. The van der Waals surface area contributed by atoms with E-state index in [0.29, 0.717) is 5.56 Å². The van der Waals surface area contributed by atoms with Crippen LogP contribution < -0.4 is 0 Å². The van der Waals surface area contributed by atoms with Gasteiger partial charge < -0.3 is 0 Å². The highest BCUT2D eigenvalue weighted by Crippen LogP contribution is 2.24. The van der Waals surface area contributed by atoms with Crippen LogP contribution in [0.3, 0.4) is 0 Å². The predicted molar refractivity (Wildman–Crippen MR) is 115 cm³/mol. The van der Waals surface area contributed by atoms with E-state index in [1.54, 1.807) is 12.1 Å². The molecule has 0 amide bonds. The zero-order valence-electron chi connectivity index (χ0n) is 16.5. The molecule has 0 radical (unpaired) electrons. The van der Waals surface area contributed by atoms with Gasteiger partial charge in [0.25, 0.3) is 0 Å². The summed E-state index contributed by atoms with van der Waals surface area (Å²) in [6, 6.07) is 22.2. The van der Waals surface area contributed by atoms with Gasteiger partial charge in [-0.1, -0.05) is 59.9 Å². The van der Waals surface area contributed by atoms with Crippen LogP contribution in [0.25, 0.3) is 10.8 Å².